The Balaban J connectivity index is 4.07. The molecule has 13 heavy (non-hydrogen) atoms. The van der Waals surface area contributed by atoms with E-state index >= 15 is 0 Å². The molecule has 0 saturated heterocycles. The molecule has 0 aromatic rings. The number of alkyl halides is 4. The SMILES string of the molecule is C=C(Cl)C(=O)OC(F)C(F)C(F)F. The first kappa shape index (κ1) is 12.2. The fourth-order valence-electron chi connectivity index (χ4n) is 0.346. The average molecular weight is 221 g/mol. The van der Waals surface area contributed by atoms with Gasteiger partial charge >= 0.3 is 5.97 Å². The predicted molar refractivity (Wildman–Crippen MR) is 36.9 cm³/mol. The number of rotatable bonds is 4. The lowest BCUT2D eigenvalue weighted by Gasteiger charge is -2.12. The minimum atomic E-state index is -3.56. The molecule has 0 rings (SSSR count). The van der Waals surface area contributed by atoms with Crippen molar-refractivity contribution in [2.75, 3.05) is 0 Å². The second kappa shape index (κ2) is 5.06. The fourth-order valence-corrected chi connectivity index (χ4v) is 0.390. The summed E-state index contributed by atoms with van der Waals surface area (Å²) in [6.07, 6.45) is -9.78. The monoisotopic (exact) mass is 220 g/mol. The van der Waals surface area contributed by atoms with E-state index in [0.717, 1.165) is 0 Å². The van der Waals surface area contributed by atoms with Gasteiger partial charge in [0.1, 0.15) is 5.03 Å². The number of hydrogen-bond donors (Lipinski definition) is 0. The van der Waals surface area contributed by atoms with Gasteiger partial charge in [0.05, 0.1) is 0 Å². The Morgan fingerprint density at radius 1 is 1.31 bits per heavy atom. The Hall–Kier alpha value is -0.780. The quantitative estimate of drug-likeness (QED) is 0.412. The van der Waals surface area contributed by atoms with E-state index < -0.39 is 30.0 Å². The fraction of sp³-hybridized carbons (Fsp3) is 0.500. The normalized spacial score (nSPS) is 15.2. The maximum absolute atomic E-state index is 12.3. The van der Waals surface area contributed by atoms with Crippen molar-refractivity contribution in [3.63, 3.8) is 0 Å². The van der Waals surface area contributed by atoms with Gasteiger partial charge in [0.25, 0.3) is 12.8 Å². The van der Waals surface area contributed by atoms with Crippen molar-refractivity contribution in [3.05, 3.63) is 11.6 Å². The molecule has 76 valence electrons. The Morgan fingerprint density at radius 2 is 1.77 bits per heavy atom. The van der Waals surface area contributed by atoms with E-state index in [2.05, 4.69) is 11.3 Å². The van der Waals surface area contributed by atoms with E-state index in [9.17, 15) is 22.4 Å². The van der Waals surface area contributed by atoms with Crippen LogP contribution < -0.4 is 0 Å². The predicted octanol–water partition coefficient (Wildman–Crippen LogP) is 2.18. The molecule has 0 aliphatic rings. The van der Waals surface area contributed by atoms with Crippen molar-refractivity contribution in [3.8, 4) is 0 Å². The van der Waals surface area contributed by atoms with Gasteiger partial charge in [-0.25, -0.2) is 18.0 Å². The standard InChI is InChI=1S/C6H5ClF4O2/c1-2(7)6(12)13-5(11)3(8)4(9)10/h3-5H,1H2. The summed E-state index contributed by atoms with van der Waals surface area (Å²) in [6.45, 7) is 2.83. The third-order valence-electron chi connectivity index (χ3n) is 0.932. The van der Waals surface area contributed by atoms with Crippen LogP contribution in [0.3, 0.4) is 0 Å². The molecule has 0 N–H and O–H groups in total. The summed E-state index contributed by atoms with van der Waals surface area (Å²) < 4.78 is 50.8. The Kier molecular flexibility index (Phi) is 4.76. The molecule has 0 heterocycles. The zero-order valence-corrected chi connectivity index (χ0v) is 6.90. The van der Waals surface area contributed by atoms with Crippen LogP contribution in [0.2, 0.25) is 0 Å². The van der Waals surface area contributed by atoms with Crippen LogP contribution in [0.4, 0.5) is 17.6 Å². The maximum Gasteiger partial charge on any atom is 0.351 e. The summed E-state index contributed by atoms with van der Waals surface area (Å²) in [6, 6.07) is 0. The summed E-state index contributed by atoms with van der Waals surface area (Å²) in [5.74, 6) is -1.47. The molecule has 2 unspecified atom stereocenters. The minimum absolute atomic E-state index is 0.718. The van der Waals surface area contributed by atoms with Crippen LogP contribution in [0, 0.1) is 0 Å². The highest BCUT2D eigenvalue weighted by atomic mass is 35.5. The van der Waals surface area contributed by atoms with Crippen LogP contribution in [0.25, 0.3) is 0 Å². The first-order valence-electron chi connectivity index (χ1n) is 2.98. The average Bonchev–Trinajstić information content (AvgIpc) is 2.02. The lowest BCUT2D eigenvalue weighted by Crippen LogP contribution is -2.29. The largest absolute Gasteiger partial charge is 0.423 e. The van der Waals surface area contributed by atoms with Gasteiger partial charge in [-0.15, -0.1) is 0 Å². The molecule has 0 aliphatic heterocycles. The number of carbonyl (C=O) groups is 1. The Bertz CT molecular complexity index is 209. The smallest absolute Gasteiger partial charge is 0.351 e. The van der Waals surface area contributed by atoms with Crippen LogP contribution >= 0.6 is 11.6 Å². The molecule has 0 saturated carbocycles. The summed E-state index contributed by atoms with van der Waals surface area (Å²) >= 11 is 4.91. The zero-order valence-electron chi connectivity index (χ0n) is 6.15. The number of hydrogen-bond acceptors (Lipinski definition) is 2. The van der Waals surface area contributed by atoms with E-state index in [1.54, 1.807) is 0 Å². The van der Waals surface area contributed by atoms with Crippen LogP contribution in [0.15, 0.2) is 11.6 Å². The molecule has 2 atom stereocenters. The van der Waals surface area contributed by atoms with E-state index in [-0.39, 0.29) is 0 Å². The number of esters is 1. The molecule has 2 nitrogen and oxygen atoms in total. The molecule has 0 radical (unpaired) electrons. The van der Waals surface area contributed by atoms with E-state index in [0.29, 0.717) is 0 Å². The van der Waals surface area contributed by atoms with Crippen molar-refractivity contribution >= 4 is 17.6 Å². The van der Waals surface area contributed by atoms with Crippen LogP contribution in [0.1, 0.15) is 0 Å². The van der Waals surface area contributed by atoms with Gasteiger partial charge in [0.15, 0.2) is 0 Å². The number of ether oxygens (including phenoxy) is 1. The van der Waals surface area contributed by atoms with Crippen LogP contribution in [0.5, 0.6) is 0 Å². The molecule has 0 aliphatic carbocycles. The third-order valence-corrected chi connectivity index (χ3v) is 1.09. The van der Waals surface area contributed by atoms with Crippen molar-refractivity contribution in [2.24, 2.45) is 0 Å². The second-order valence-electron chi connectivity index (χ2n) is 1.94. The lowest BCUT2D eigenvalue weighted by atomic mass is 10.4. The van der Waals surface area contributed by atoms with E-state index in [1.807, 2.05) is 0 Å². The van der Waals surface area contributed by atoms with E-state index in [4.69, 9.17) is 11.6 Å². The molecular weight excluding hydrogens is 216 g/mol. The molecular formula is C6H5ClF4O2. The van der Waals surface area contributed by atoms with Gasteiger partial charge in [0, 0.05) is 0 Å². The van der Waals surface area contributed by atoms with Crippen molar-refractivity contribution in [1.29, 1.82) is 0 Å². The third kappa shape index (κ3) is 4.12. The van der Waals surface area contributed by atoms with Crippen LogP contribution in [-0.2, 0) is 9.53 Å². The topological polar surface area (TPSA) is 26.3 Å². The number of halogens is 5. The molecule has 0 fully saturated rings. The molecule has 7 heteroatoms. The highest BCUT2D eigenvalue weighted by Gasteiger charge is 2.33. The highest BCUT2D eigenvalue weighted by Crippen LogP contribution is 2.15. The minimum Gasteiger partial charge on any atom is -0.423 e. The van der Waals surface area contributed by atoms with Gasteiger partial charge < -0.3 is 4.74 Å². The first-order valence-corrected chi connectivity index (χ1v) is 3.35. The first-order chi connectivity index (χ1) is 5.86. The summed E-state index contributed by atoms with van der Waals surface area (Å²) in [5, 5.41) is -0.718. The maximum atomic E-state index is 12.3. The van der Waals surface area contributed by atoms with Gasteiger partial charge in [-0.2, -0.15) is 4.39 Å². The molecule has 0 amide bonds. The summed E-state index contributed by atoms with van der Waals surface area (Å²) in [7, 11) is 0. The van der Waals surface area contributed by atoms with Gasteiger partial charge in [-0.3, -0.25) is 0 Å². The Labute approximate surface area is 76.1 Å². The lowest BCUT2D eigenvalue weighted by molar-refractivity contribution is -0.166. The highest BCUT2D eigenvalue weighted by molar-refractivity contribution is 6.40. The molecule has 0 aromatic heterocycles. The van der Waals surface area contributed by atoms with Gasteiger partial charge in [-0.1, -0.05) is 18.2 Å². The summed E-state index contributed by atoms with van der Waals surface area (Å²) in [5.41, 5.74) is 0. The van der Waals surface area contributed by atoms with Crippen molar-refractivity contribution in [1.82, 2.24) is 0 Å². The van der Waals surface area contributed by atoms with Crippen LogP contribution in [-0.4, -0.2) is 24.9 Å². The van der Waals surface area contributed by atoms with Crippen molar-refractivity contribution < 1.29 is 27.1 Å². The van der Waals surface area contributed by atoms with Gasteiger partial charge in [0.2, 0.25) is 6.17 Å². The van der Waals surface area contributed by atoms with Crippen molar-refractivity contribution in [2.45, 2.75) is 19.0 Å². The Morgan fingerprint density at radius 3 is 2.08 bits per heavy atom. The summed E-state index contributed by atoms with van der Waals surface area (Å²) in [4.78, 5) is 10.4. The second-order valence-corrected chi connectivity index (χ2v) is 2.40. The molecule has 0 bridgehead atoms. The molecule has 0 spiro atoms. The number of carbonyl (C=O) groups excluding carboxylic acids is 1. The van der Waals surface area contributed by atoms with E-state index in [1.165, 1.54) is 0 Å². The molecule has 0 aromatic carbocycles. The van der Waals surface area contributed by atoms with Gasteiger partial charge in [-0.05, 0) is 0 Å². The zero-order chi connectivity index (χ0) is 10.6.